The molecule has 2 aromatic heterocycles. The summed E-state index contributed by atoms with van der Waals surface area (Å²) >= 11 is 1.18. The second-order valence-corrected chi connectivity index (χ2v) is 5.76. The zero-order valence-electron chi connectivity index (χ0n) is 13.1. The number of carbonyl (C=O) groups excluding carboxylic acids is 1. The summed E-state index contributed by atoms with van der Waals surface area (Å²) in [5.41, 5.74) is 5.98. The number of benzene rings is 1. The molecule has 0 aliphatic heterocycles. The van der Waals surface area contributed by atoms with Crippen molar-refractivity contribution in [3.05, 3.63) is 45.7 Å². The second kappa shape index (κ2) is 6.32. The van der Waals surface area contributed by atoms with Gasteiger partial charge in [0.1, 0.15) is 11.4 Å². The number of nitrogens with zero attached hydrogens (tertiary/aromatic N) is 2. The Labute approximate surface area is 141 Å². The van der Waals surface area contributed by atoms with Crippen molar-refractivity contribution >= 4 is 33.1 Å². The SMILES string of the molecule is CCOC(=O)c1nn(-c2ccccc2OC)c(=O)c2c(N)scc12. The normalized spacial score (nSPS) is 10.8. The van der Waals surface area contributed by atoms with Gasteiger partial charge >= 0.3 is 5.97 Å². The number of nitrogen functional groups attached to an aromatic ring is 1. The van der Waals surface area contributed by atoms with Gasteiger partial charge in [0.15, 0.2) is 5.69 Å². The van der Waals surface area contributed by atoms with Crippen LogP contribution in [0, 0.1) is 0 Å². The third-order valence-electron chi connectivity index (χ3n) is 3.46. The van der Waals surface area contributed by atoms with Crippen molar-refractivity contribution < 1.29 is 14.3 Å². The molecular formula is C16H15N3O4S. The lowest BCUT2D eigenvalue weighted by Gasteiger charge is -2.11. The van der Waals surface area contributed by atoms with Crippen molar-refractivity contribution in [3.63, 3.8) is 0 Å². The van der Waals surface area contributed by atoms with Crippen LogP contribution in [0.1, 0.15) is 17.4 Å². The van der Waals surface area contributed by atoms with Crippen LogP contribution < -0.4 is 16.0 Å². The number of fused-ring (bicyclic) bond motifs is 1. The van der Waals surface area contributed by atoms with E-state index in [-0.39, 0.29) is 17.7 Å². The summed E-state index contributed by atoms with van der Waals surface area (Å²) in [5, 5.41) is 6.82. The van der Waals surface area contributed by atoms with Crippen molar-refractivity contribution in [2.24, 2.45) is 0 Å². The van der Waals surface area contributed by atoms with Crippen LogP contribution >= 0.6 is 11.3 Å². The van der Waals surface area contributed by atoms with Gasteiger partial charge in [-0.05, 0) is 19.1 Å². The molecule has 0 saturated carbocycles. The quantitative estimate of drug-likeness (QED) is 0.728. The third kappa shape index (κ3) is 2.50. The average Bonchev–Trinajstić information content (AvgIpc) is 2.98. The highest BCUT2D eigenvalue weighted by molar-refractivity contribution is 7.15. The standard InChI is InChI=1S/C16H15N3O4S/c1-3-23-16(21)13-9-8-24-14(17)12(9)15(20)19(18-13)10-6-4-5-7-11(10)22-2/h4-8H,3,17H2,1-2H3. The Morgan fingerprint density at radius 2 is 2.12 bits per heavy atom. The fourth-order valence-corrected chi connectivity index (χ4v) is 3.18. The lowest BCUT2D eigenvalue weighted by Crippen LogP contribution is -2.25. The number of esters is 1. The van der Waals surface area contributed by atoms with Crippen molar-refractivity contribution in [3.8, 4) is 11.4 Å². The van der Waals surface area contributed by atoms with Crippen LogP contribution in [0.3, 0.4) is 0 Å². The first kappa shape index (κ1) is 16.0. The monoisotopic (exact) mass is 345 g/mol. The number of nitrogens with two attached hydrogens (primary N) is 1. The molecule has 2 heterocycles. The van der Waals surface area contributed by atoms with Crippen molar-refractivity contribution in [2.45, 2.75) is 6.92 Å². The molecule has 0 radical (unpaired) electrons. The zero-order valence-corrected chi connectivity index (χ0v) is 13.9. The molecule has 3 aromatic rings. The topological polar surface area (TPSA) is 96.4 Å². The summed E-state index contributed by atoms with van der Waals surface area (Å²) < 4.78 is 11.5. The van der Waals surface area contributed by atoms with Crippen LogP contribution in [-0.4, -0.2) is 29.5 Å². The highest BCUT2D eigenvalue weighted by atomic mass is 32.1. The smallest absolute Gasteiger partial charge is 0.359 e. The average molecular weight is 345 g/mol. The lowest BCUT2D eigenvalue weighted by molar-refractivity contribution is 0.0520. The molecular weight excluding hydrogens is 330 g/mol. The maximum Gasteiger partial charge on any atom is 0.359 e. The van der Waals surface area contributed by atoms with Gasteiger partial charge in [-0.2, -0.15) is 9.78 Å². The first-order chi connectivity index (χ1) is 11.6. The predicted molar refractivity (Wildman–Crippen MR) is 92.1 cm³/mol. The van der Waals surface area contributed by atoms with Crippen LogP contribution in [0.4, 0.5) is 5.00 Å². The summed E-state index contributed by atoms with van der Waals surface area (Å²) in [5.74, 6) is -0.154. The number of anilines is 1. The second-order valence-electron chi connectivity index (χ2n) is 4.85. The van der Waals surface area contributed by atoms with E-state index < -0.39 is 11.5 Å². The first-order valence-corrected chi connectivity index (χ1v) is 8.07. The fourth-order valence-electron chi connectivity index (χ4n) is 2.39. The number of carbonyl (C=O) groups is 1. The fraction of sp³-hybridized carbons (Fsp3) is 0.188. The van der Waals surface area contributed by atoms with Crippen LogP contribution in [0.15, 0.2) is 34.4 Å². The molecule has 2 N–H and O–H groups in total. The van der Waals surface area contributed by atoms with E-state index in [1.807, 2.05) is 0 Å². The Hall–Kier alpha value is -2.87. The summed E-state index contributed by atoms with van der Waals surface area (Å²) in [6.45, 7) is 1.91. The van der Waals surface area contributed by atoms with Crippen LogP contribution in [0.2, 0.25) is 0 Å². The molecule has 0 atom stereocenters. The molecule has 0 aliphatic carbocycles. The van der Waals surface area contributed by atoms with Gasteiger partial charge in [0.05, 0.1) is 24.1 Å². The van der Waals surface area contributed by atoms with Crippen molar-refractivity contribution in [2.75, 3.05) is 19.5 Å². The summed E-state index contributed by atoms with van der Waals surface area (Å²) in [6.07, 6.45) is 0. The molecule has 8 heteroatoms. The Kier molecular flexibility index (Phi) is 4.22. The molecule has 124 valence electrons. The van der Waals surface area contributed by atoms with Gasteiger partial charge in [0.2, 0.25) is 0 Å². The van der Waals surface area contributed by atoms with E-state index in [0.717, 1.165) is 4.68 Å². The first-order valence-electron chi connectivity index (χ1n) is 7.19. The van der Waals surface area contributed by atoms with E-state index in [1.54, 1.807) is 36.6 Å². The lowest BCUT2D eigenvalue weighted by atomic mass is 10.2. The largest absolute Gasteiger partial charge is 0.494 e. The molecule has 0 fully saturated rings. The molecule has 0 aliphatic rings. The highest BCUT2D eigenvalue weighted by Crippen LogP contribution is 2.29. The Balaban J connectivity index is 2.37. The Bertz CT molecular complexity index is 977. The number of thiophene rings is 1. The van der Waals surface area contributed by atoms with Gasteiger partial charge in [-0.1, -0.05) is 12.1 Å². The van der Waals surface area contributed by atoms with Crippen LogP contribution in [-0.2, 0) is 4.74 Å². The van der Waals surface area contributed by atoms with E-state index in [9.17, 15) is 9.59 Å². The van der Waals surface area contributed by atoms with Gasteiger partial charge in [-0.3, -0.25) is 4.79 Å². The van der Waals surface area contributed by atoms with Crippen molar-refractivity contribution in [1.82, 2.24) is 9.78 Å². The summed E-state index contributed by atoms with van der Waals surface area (Å²) in [6, 6.07) is 6.90. The summed E-state index contributed by atoms with van der Waals surface area (Å²) in [4.78, 5) is 25.1. The van der Waals surface area contributed by atoms with E-state index in [1.165, 1.54) is 18.4 Å². The predicted octanol–water partition coefficient (Wildman–Crippen LogP) is 2.21. The van der Waals surface area contributed by atoms with Crippen LogP contribution in [0.5, 0.6) is 5.75 Å². The summed E-state index contributed by atoms with van der Waals surface area (Å²) in [7, 11) is 1.49. The maximum absolute atomic E-state index is 12.8. The van der Waals surface area contributed by atoms with Crippen LogP contribution in [0.25, 0.3) is 16.5 Å². The van der Waals surface area contributed by atoms with Crippen molar-refractivity contribution in [1.29, 1.82) is 0 Å². The number of aromatic nitrogens is 2. The van der Waals surface area contributed by atoms with Gasteiger partial charge in [0.25, 0.3) is 5.56 Å². The van der Waals surface area contributed by atoms with Gasteiger partial charge in [-0.25, -0.2) is 4.79 Å². The molecule has 24 heavy (non-hydrogen) atoms. The van der Waals surface area contributed by atoms with E-state index in [2.05, 4.69) is 5.10 Å². The molecule has 0 amide bonds. The van der Waals surface area contributed by atoms with E-state index >= 15 is 0 Å². The number of hydrogen-bond donors (Lipinski definition) is 1. The maximum atomic E-state index is 12.8. The molecule has 1 aromatic carbocycles. The minimum Gasteiger partial charge on any atom is -0.494 e. The Morgan fingerprint density at radius 3 is 2.83 bits per heavy atom. The van der Waals surface area contributed by atoms with Gasteiger partial charge in [0, 0.05) is 10.8 Å². The number of para-hydroxylation sites is 2. The van der Waals surface area contributed by atoms with E-state index in [4.69, 9.17) is 15.2 Å². The molecule has 3 rings (SSSR count). The highest BCUT2D eigenvalue weighted by Gasteiger charge is 2.22. The van der Waals surface area contributed by atoms with Gasteiger partial charge in [-0.15, -0.1) is 11.3 Å². The van der Waals surface area contributed by atoms with Gasteiger partial charge < -0.3 is 15.2 Å². The molecule has 0 unspecified atom stereocenters. The number of methoxy groups -OCH3 is 1. The minimum atomic E-state index is -0.607. The third-order valence-corrected chi connectivity index (χ3v) is 4.27. The number of rotatable bonds is 4. The molecule has 0 saturated heterocycles. The number of hydrogen-bond acceptors (Lipinski definition) is 7. The minimum absolute atomic E-state index is 0.0466. The molecule has 0 spiro atoms. The van der Waals surface area contributed by atoms with E-state index in [0.29, 0.717) is 21.8 Å². The Morgan fingerprint density at radius 1 is 1.38 bits per heavy atom. The molecule has 7 nitrogen and oxygen atoms in total. The number of ether oxygens (including phenoxy) is 2. The zero-order chi connectivity index (χ0) is 17.3. The molecule has 0 bridgehead atoms.